The molecule has 142 valence electrons. The van der Waals surface area contributed by atoms with Gasteiger partial charge in [-0.3, -0.25) is 0 Å². The Bertz CT molecular complexity index is 915. The lowest BCUT2D eigenvalue weighted by Gasteiger charge is -2.33. The lowest BCUT2D eigenvalue weighted by atomic mass is 10.1. The van der Waals surface area contributed by atoms with E-state index in [0.717, 1.165) is 23.6 Å². The van der Waals surface area contributed by atoms with Crippen molar-refractivity contribution in [2.75, 3.05) is 6.54 Å². The number of rotatable bonds is 3. The monoisotopic (exact) mass is 425 g/mol. The van der Waals surface area contributed by atoms with Crippen molar-refractivity contribution in [3.63, 3.8) is 0 Å². The standard InChI is InChI=1S/C15H15ClF3N3O2S2/c1-9-20-21-14(25-9)12-4-2-3-7-22(12)26(23,24)13-6-5-10(8-11(13)16)15(17,18)19/h5-6,8,12H,2-4,7H2,1H3/t12-/m1/s1. The highest BCUT2D eigenvalue weighted by molar-refractivity contribution is 7.89. The number of aromatic nitrogens is 2. The van der Waals surface area contributed by atoms with Gasteiger partial charge in [0.1, 0.15) is 14.9 Å². The third kappa shape index (κ3) is 3.73. The summed E-state index contributed by atoms with van der Waals surface area (Å²) in [4.78, 5) is -0.333. The first-order chi connectivity index (χ1) is 12.1. The Kier molecular flexibility index (Phi) is 5.31. The Balaban J connectivity index is 2.00. The van der Waals surface area contributed by atoms with Crippen molar-refractivity contribution in [2.24, 2.45) is 0 Å². The van der Waals surface area contributed by atoms with E-state index >= 15 is 0 Å². The molecule has 5 nitrogen and oxygen atoms in total. The number of nitrogens with zero attached hydrogens (tertiary/aromatic N) is 3. The topological polar surface area (TPSA) is 63.2 Å². The summed E-state index contributed by atoms with van der Waals surface area (Å²) in [7, 11) is -4.07. The number of halogens is 4. The maximum atomic E-state index is 13.1. The molecule has 0 unspecified atom stereocenters. The SMILES string of the molecule is Cc1nnc([C@H]2CCCCN2S(=O)(=O)c2ccc(C(F)(F)F)cc2Cl)s1. The summed E-state index contributed by atoms with van der Waals surface area (Å²) < 4.78 is 65.8. The molecule has 1 aromatic heterocycles. The average molecular weight is 426 g/mol. The van der Waals surface area contributed by atoms with Crippen molar-refractivity contribution in [3.8, 4) is 0 Å². The molecule has 0 aliphatic carbocycles. The molecule has 1 fully saturated rings. The summed E-state index contributed by atoms with van der Waals surface area (Å²) in [5.74, 6) is 0. The summed E-state index contributed by atoms with van der Waals surface area (Å²) in [5, 5.41) is 8.83. The second kappa shape index (κ2) is 7.06. The van der Waals surface area contributed by atoms with E-state index in [1.165, 1.54) is 15.6 Å². The molecule has 1 aliphatic heterocycles. The number of alkyl halides is 3. The number of aryl methyl sites for hydroxylation is 1. The second-order valence-electron chi connectivity index (χ2n) is 5.93. The molecule has 0 saturated carbocycles. The normalized spacial score (nSPS) is 19.7. The largest absolute Gasteiger partial charge is 0.416 e. The Labute approximate surface area is 157 Å². The number of benzene rings is 1. The third-order valence-corrected chi connectivity index (χ3v) is 7.46. The molecule has 1 aromatic carbocycles. The maximum Gasteiger partial charge on any atom is 0.416 e. The van der Waals surface area contributed by atoms with Gasteiger partial charge in [0.15, 0.2) is 0 Å². The summed E-state index contributed by atoms with van der Waals surface area (Å²) in [6.45, 7) is 2.03. The van der Waals surface area contributed by atoms with Crippen LogP contribution in [-0.2, 0) is 16.2 Å². The van der Waals surface area contributed by atoms with Crippen molar-refractivity contribution in [2.45, 2.75) is 43.3 Å². The Hall–Kier alpha value is -1.23. The molecule has 3 rings (SSSR count). The van der Waals surface area contributed by atoms with Gasteiger partial charge < -0.3 is 0 Å². The van der Waals surface area contributed by atoms with E-state index < -0.39 is 32.8 Å². The van der Waals surface area contributed by atoms with Gasteiger partial charge in [-0.25, -0.2) is 8.42 Å². The summed E-state index contributed by atoms with van der Waals surface area (Å²) >= 11 is 7.22. The van der Waals surface area contributed by atoms with Crippen molar-refractivity contribution >= 4 is 33.0 Å². The van der Waals surface area contributed by atoms with Crippen molar-refractivity contribution in [1.29, 1.82) is 0 Å². The summed E-state index contributed by atoms with van der Waals surface area (Å²) in [5.41, 5.74) is -0.989. The second-order valence-corrected chi connectivity index (χ2v) is 9.41. The summed E-state index contributed by atoms with van der Waals surface area (Å²) in [6.07, 6.45) is -2.53. The van der Waals surface area contributed by atoms with Crippen LogP contribution in [0.1, 0.15) is 40.9 Å². The highest BCUT2D eigenvalue weighted by atomic mass is 35.5. The molecule has 0 radical (unpaired) electrons. The fraction of sp³-hybridized carbons (Fsp3) is 0.467. The summed E-state index contributed by atoms with van der Waals surface area (Å²) in [6, 6.07) is 1.80. The molecule has 2 aromatic rings. The van der Waals surface area contributed by atoms with E-state index in [4.69, 9.17) is 11.6 Å². The van der Waals surface area contributed by atoms with Crippen LogP contribution >= 0.6 is 22.9 Å². The molecular weight excluding hydrogens is 411 g/mol. The molecule has 0 bridgehead atoms. The zero-order valence-corrected chi connectivity index (χ0v) is 16.0. The van der Waals surface area contributed by atoms with Gasteiger partial charge in [-0.1, -0.05) is 18.0 Å². The first-order valence-electron chi connectivity index (χ1n) is 7.79. The molecular formula is C15H15ClF3N3O2S2. The van der Waals surface area contributed by atoms with E-state index in [0.29, 0.717) is 23.9 Å². The Morgan fingerprint density at radius 2 is 2.00 bits per heavy atom. The van der Waals surface area contributed by atoms with Crippen LogP contribution in [-0.4, -0.2) is 29.5 Å². The van der Waals surface area contributed by atoms with Crippen LogP contribution in [0, 0.1) is 6.92 Å². The van der Waals surface area contributed by atoms with Crippen LogP contribution in [0.25, 0.3) is 0 Å². The van der Waals surface area contributed by atoms with Gasteiger partial charge in [0.2, 0.25) is 10.0 Å². The van der Waals surface area contributed by atoms with E-state index in [-0.39, 0.29) is 11.4 Å². The zero-order valence-electron chi connectivity index (χ0n) is 13.6. The highest BCUT2D eigenvalue weighted by Crippen LogP contribution is 2.39. The minimum absolute atomic E-state index is 0.253. The fourth-order valence-corrected chi connectivity index (χ4v) is 5.99. The van der Waals surface area contributed by atoms with Gasteiger partial charge in [0.05, 0.1) is 16.6 Å². The van der Waals surface area contributed by atoms with Gasteiger partial charge in [-0.15, -0.1) is 21.5 Å². The average Bonchev–Trinajstić information content (AvgIpc) is 3.00. The molecule has 0 N–H and O–H groups in total. The third-order valence-electron chi connectivity index (χ3n) is 4.13. The predicted molar refractivity (Wildman–Crippen MR) is 91.6 cm³/mol. The smallest absolute Gasteiger partial charge is 0.207 e. The minimum Gasteiger partial charge on any atom is -0.207 e. The van der Waals surface area contributed by atoms with Crippen molar-refractivity contribution < 1.29 is 21.6 Å². The van der Waals surface area contributed by atoms with Crippen LogP contribution in [0.2, 0.25) is 5.02 Å². The van der Waals surface area contributed by atoms with E-state index in [1.807, 2.05) is 0 Å². The molecule has 1 aliphatic rings. The van der Waals surface area contributed by atoms with Crippen LogP contribution < -0.4 is 0 Å². The molecule has 11 heteroatoms. The fourth-order valence-electron chi connectivity index (χ4n) is 2.90. The van der Waals surface area contributed by atoms with E-state index in [2.05, 4.69) is 10.2 Å². The maximum absolute atomic E-state index is 13.1. The van der Waals surface area contributed by atoms with Crippen LogP contribution in [0.3, 0.4) is 0 Å². The molecule has 26 heavy (non-hydrogen) atoms. The first kappa shape index (κ1) is 19.5. The molecule has 2 heterocycles. The number of piperidine rings is 1. The van der Waals surface area contributed by atoms with Gasteiger partial charge in [0, 0.05) is 6.54 Å². The van der Waals surface area contributed by atoms with Gasteiger partial charge >= 0.3 is 6.18 Å². The highest BCUT2D eigenvalue weighted by Gasteiger charge is 2.38. The number of sulfonamides is 1. The number of hydrogen-bond acceptors (Lipinski definition) is 5. The zero-order chi connectivity index (χ0) is 19.1. The lowest BCUT2D eigenvalue weighted by molar-refractivity contribution is -0.137. The van der Waals surface area contributed by atoms with Crippen molar-refractivity contribution in [3.05, 3.63) is 38.8 Å². The quantitative estimate of drug-likeness (QED) is 0.729. The van der Waals surface area contributed by atoms with Crippen molar-refractivity contribution in [1.82, 2.24) is 14.5 Å². The molecule has 1 atom stereocenters. The molecule has 0 spiro atoms. The molecule has 1 saturated heterocycles. The van der Waals surface area contributed by atoms with Gasteiger partial charge in [-0.05, 0) is 38.0 Å². The van der Waals surface area contributed by atoms with Gasteiger partial charge in [0.25, 0.3) is 0 Å². The van der Waals surface area contributed by atoms with Crippen LogP contribution in [0.5, 0.6) is 0 Å². The van der Waals surface area contributed by atoms with Crippen LogP contribution in [0.4, 0.5) is 13.2 Å². The first-order valence-corrected chi connectivity index (χ1v) is 10.4. The van der Waals surface area contributed by atoms with E-state index in [9.17, 15) is 21.6 Å². The van der Waals surface area contributed by atoms with Crippen LogP contribution in [0.15, 0.2) is 23.1 Å². The number of hydrogen-bond donors (Lipinski definition) is 0. The minimum atomic E-state index is -4.59. The predicted octanol–water partition coefficient (Wildman–Crippen LogP) is 4.43. The van der Waals surface area contributed by atoms with E-state index in [1.54, 1.807) is 6.92 Å². The van der Waals surface area contributed by atoms with Gasteiger partial charge in [-0.2, -0.15) is 17.5 Å². The Morgan fingerprint density at radius 1 is 1.27 bits per heavy atom. The lowest BCUT2D eigenvalue weighted by Crippen LogP contribution is -2.38. The Morgan fingerprint density at radius 3 is 2.58 bits per heavy atom. The molecule has 0 amide bonds.